The number of aliphatic imine (C=N–C) groups is 1. The van der Waals surface area contributed by atoms with Gasteiger partial charge in [-0.05, 0) is 31.0 Å². The second kappa shape index (κ2) is 10.9. The van der Waals surface area contributed by atoms with E-state index in [-0.39, 0.29) is 42.5 Å². The van der Waals surface area contributed by atoms with E-state index in [9.17, 15) is 4.79 Å². The molecule has 1 atom stereocenters. The fraction of sp³-hybridized carbons (Fsp3) is 0.412. The molecule has 0 aliphatic heterocycles. The third kappa shape index (κ3) is 7.88. The van der Waals surface area contributed by atoms with E-state index < -0.39 is 0 Å². The molecule has 1 unspecified atom stereocenters. The smallest absolute Gasteiger partial charge is 0.243 e. The molecule has 0 aliphatic carbocycles. The molecule has 1 aromatic rings. The number of anilines is 1. The van der Waals surface area contributed by atoms with Gasteiger partial charge in [0, 0.05) is 24.3 Å². The van der Waals surface area contributed by atoms with E-state index in [2.05, 4.69) is 47.6 Å². The average Bonchev–Trinajstić information content (AvgIpc) is 2.51. The van der Waals surface area contributed by atoms with Crippen molar-refractivity contribution in [2.45, 2.75) is 26.8 Å². The highest BCUT2D eigenvalue weighted by atomic mass is 127. The number of nitrogens with one attached hydrogen (secondary N) is 3. The van der Waals surface area contributed by atoms with E-state index in [4.69, 9.17) is 6.42 Å². The Hall–Kier alpha value is -1.75. The molecule has 126 valence electrons. The predicted octanol–water partition coefficient (Wildman–Crippen LogP) is 2.43. The molecule has 0 heterocycles. The largest absolute Gasteiger partial charge is 0.354 e. The summed E-state index contributed by atoms with van der Waals surface area (Å²) in [4.78, 5) is 16.0. The Bertz CT molecular complexity index is 578. The summed E-state index contributed by atoms with van der Waals surface area (Å²) in [6.45, 7) is 6.44. The number of terminal acetylenes is 1. The van der Waals surface area contributed by atoms with Crippen molar-refractivity contribution in [3.05, 3.63) is 29.8 Å². The van der Waals surface area contributed by atoms with Gasteiger partial charge >= 0.3 is 0 Å². The maximum atomic E-state index is 11.9. The summed E-state index contributed by atoms with van der Waals surface area (Å²) in [5.41, 5.74) is 1.41. The first-order valence-electron chi connectivity index (χ1n) is 7.30. The molecule has 1 aromatic carbocycles. The van der Waals surface area contributed by atoms with Crippen molar-refractivity contribution in [2.75, 3.05) is 18.9 Å². The highest BCUT2D eigenvalue weighted by Gasteiger charge is 2.10. The Labute approximate surface area is 155 Å². The van der Waals surface area contributed by atoms with Crippen LogP contribution >= 0.6 is 24.0 Å². The average molecular weight is 428 g/mol. The highest BCUT2D eigenvalue weighted by molar-refractivity contribution is 14.0. The van der Waals surface area contributed by atoms with Gasteiger partial charge < -0.3 is 16.0 Å². The SMILES string of the molecule is C#Cc1cccc(NC(=O)CNC(=NC)NC(C)C(C)C)c1.I. The van der Waals surface area contributed by atoms with Gasteiger partial charge in [-0.1, -0.05) is 25.8 Å². The van der Waals surface area contributed by atoms with Crippen LogP contribution in [0, 0.1) is 18.3 Å². The van der Waals surface area contributed by atoms with Crippen LogP contribution in [0.1, 0.15) is 26.3 Å². The Morgan fingerprint density at radius 2 is 2.04 bits per heavy atom. The number of guanidine groups is 1. The van der Waals surface area contributed by atoms with Gasteiger partial charge in [-0.15, -0.1) is 30.4 Å². The Morgan fingerprint density at radius 1 is 1.35 bits per heavy atom. The molecule has 0 aliphatic rings. The van der Waals surface area contributed by atoms with E-state index in [1.165, 1.54) is 0 Å². The lowest BCUT2D eigenvalue weighted by Crippen LogP contribution is -2.46. The summed E-state index contributed by atoms with van der Waals surface area (Å²) < 4.78 is 0. The number of hydrogen-bond acceptors (Lipinski definition) is 2. The number of amides is 1. The van der Waals surface area contributed by atoms with Crippen LogP contribution in [0.25, 0.3) is 0 Å². The summed E-state index contributed by atoms with van der Waals surface area (Å²) in [5.74, 6) is 3.45. The number of carbonyl (C=O) groups excluding carboxylic acids is 1. The molecular weight excluding hydrogens is 403 g/mol. The minimum absolute atomic E-state index is 0. The van der Waals surface area contributed by atoms with Crippen LogP contribution in [0.3, 0.4) is 0 Å². The normalized spacial score (nSPS) is 11.9. The molecule has 0 radical (unpaired) electrons. The van der Waals surface area contributed by atoms with Crippen LogP contribution in [-0.4, -0.2) is 31.5 Å². The van der Waals surface area contributed by atoms with E-state index in [0.717, 1.165) is 5.56 Å². The van der Waals surface area contributed by atoms with Crippen LogP contribution < -0.4 is 16.0 Å². The first-order valence-corrected chi connectivity index (χ1v) is 7.30. The lowest BCUT2D eigenvalue weighted by Gasteiger charge is -2.20. The van der Waals surface area contributed by atoms with Crippen molar-refractivity contribution in [1.82, 2.24) is 10.6 Å². The van der Waals surface area contributed by atoms with Gasteiger partial charge in [-0.3, -0.25) is 9.79 Å². The standard InChI is InChI=1S/C17H24N4O.HI/c1-6-14-8-7-9-15(10-14)21-16(22)11-19-17(18-5)20-13(4)12(2)3;/h1,7-10,12-13H,11H2,2-5H3,(H,21,22)(H2,18,19,20);1H. The topological polar surface area (TPSA) is 65.5 Å². The number of benzene rings is 1. The van der Waals surface area contributed by atoms with E-state index >= 15 is 0 Å². The number of halogens is 1. The summed E-state index contributed by atoms with van der Waals surface area (Å²) in [6.07, 6.45) is 5.34. The second-order valence-corrected chi connectivity index (χ2v) is 5.38. The molecule has 6 heteroatoms. The van der Waals surface area contributed by atoms with E-state index in [0.29, 0.717) is 17.6 Å². The molecule has 5 nitrogen and oxygen atoms in total. The molecule has 3 N–H and O–H groups in total. The van der Waals surface area contributed by atoms with Gasteiger partial charge in [0.2, 0.25) is 5.91 Å². The van der Waals surface area contributed by atoms with Gasteiger partial charge in [0.15, 0.2) is 5.96 Å². The zero-order valence-corrected chi connectivity index (χ0v) is 16.3. The van der Waals surface area contributed by atoms with Gasteiger partial charge in [-0.25, -0.2) is 0 Å². The number of hydrogen-bond donors (Lipinski definition) is 3. The van der Waals surface area contributed by atoms with Gasteiger partial charge in [-0.2, -0.15) is 0 Å². The van der Waals surface area contributed by atoms with Crippen LogP contribution in [0.15, 0.2) is 29.3 Å². The zero-order chi connectivity index (χ0) is 16.5. The second-order valence-electron chi connectivity index (χ2n) is 5.38. The number of nitrogens with zero attached hydrogens (tertiary/aromatic N) is 1. The summed E-state index contributed by atoms with van der Waals surface area (Å²) in [5, 5.41) is 9.02. The van der Waals surface area contributed by atoms with Gasteiger partial charge in [0.1, 0.15) is 0 Å². The van der Waals surface area contributed by atoms with Crippen molar-refractivity contribution >= 4 is 41.5 Å². The van der Waals surface area contributed by atoms with Gasteiger partial charge in [0.05, 0.1) is 6.54 Å². The quantitative estimate of drug-likeness (QED) is 0.292. The van der Waals surface area contributed by atoms with Crippen molar-refractivity contribution in [3.63, 3.8) is 0 Å². The lowest BCUT2D eigenvalue weighted by molar-refractivity contribution is -0.115. The first kappa shape index (κ1) is 21.2. The van der Waals surface area contributed by atoms with Crippen LogP contribution in [0.2, 0.25) is 0 Å². The summed E-state index contributed by atoms with van der Waals surface area (Å²) in [6, 6.07) is 7.44. The molecule has 0 fully saturated rings. The summed E-state index contributed by atoms with van der Waals surface area (Å²) >= 11 is 0. The molecular formula is C17H25IN4O. The number of carbonyl (C=O) groups is 1. The molecule has 1 rings (SSSR count). The molecule has 0 saturated carbocycles. The Kier molecular flexibility index (Phi) is 10.1. The van der Waals surface area contributed by atoms with Crippen molar-refractivity contribution in [1.29, 1.82) is 0 Å². The van der Waals surface area contributed by atoms with Crippen molar-refractivity contribution < 1.29 is 4.79 Å². The van der Waals surface area contributed by atoms with Crippen LogP contribution in [0.4, 0.5) is 5.69 Å². The highest BCUT2D eigenvalue weighted by Crippen LogP contribution is 2.09. The monoisotopic (exact) mass is 428 g/mol. The third-order valence-corrected chi connectivity index (χ3v) is 3.32. The fourth-order valence-electron chi connectivity index (χ4n) is 1.63. The third-order valence-electron chi connectivity index (χ3n) is 3.32. The molecule has 1 amide bonds. The fourth-order valence-corrected chi connectivity index (χ4v) is 1.63. The minimum Gasteiger partial charge on any atom is -0.354 e. The molecule has 0 spiro atoms. The molecule has 23 heavy (non-hydrogen) atoms. The molecule has 0 saturated heterocycles. The predicted molar refractivity (Wildman–Crippen MR) is 107 cm³/mol. The maximum Gasteiger partial charge on any atom is 0.243 e. The van der Waals surface area contributed by atoms with Gasteiger partial charge in [0.25, 0.3) is 0 Å². The van der Waals surface area contributed by atoms with Crippen LogP contribution in [-0.2, 0) is 4.79 Å². The van der Waals surface area contributed by atoms with Crippen molar-refractivity contribution in [2.24, 2.45) is 10.9 Å². The van der Waals surface area contributed by atoms with E-state index in [1.807, 2.05) is 12.1 Å². The molecule has 0 bridgehead atoms. The van der Waals surface area contributed by atoms with Crippen LogP contribution in [0.5, 0.6) is 0 Å². The van der Waals surface area contributed by atoms with E-state index in [1.54, 1.807) is 19.2 Å². The Morgan fingerprint density at radius 3 is 2.61 bits per heavy atom. The number of rotatable bonds is 5. The van der Waals surface area contributed by atoms with Crippen molar-refractivity contribution in [3.8, 4) is 12.3 Å². The minimum atomic E-state index is -0.158. The summed E-state index contributed by atoms with van der Waals surface area (Å²) in [7, 11) is 1.68. The zero-order valence-electron chi connectivity index (χ0n) is 14.0. The lowest BCUT2D eigenvalue weighted by atomic mass is 10.1. The Balaban J connectivity index is 0.00000484. The maximum absolute atomic E-state index is 11.9. The first-order chi connectivity index (χ1) is 10.5. The molecule has 0 aromatic heterocycles.